The number of ether oxygens (including phenoxy) is 1. The molecule has 1 saturated carbocycles. The number of carbonyl (C=O) groups excluding carboxylic acids is 3. The number of rotatable bonds is 6. The van der Waals surface area contributed by atoms with Gasteiger partial charge in [0.15, 0.2) is 0 Å². The molecular formula is C33H31Cl2FN4O6. The number of nitrogens with one attached hydrogen (secondary N) is 1. The van der Waals surface area contributed by atoms with Crippen molar-refractivity contribution in [3.8, 4) is 0 Å². The minimum atomic E-state index is -1.47. The number of amides is 2. The molecule has 0 aromatic heterocycles. The van der Waals surface area contributed by atoms with E-state index in [1.54, 1.807) is 37.3 Å². The summed E-state index contributed by atoms with van der Waals surface area (Å²) in [6.45, 7) is 2.06. The predicted molar refractivity (Wildman–Crippen MR) is 171 cm³/mol. The van der Waals surface area contributed by atoms with Gasteiger partial charge in [-0.1, -0.05) is 48.8 Å². The lowest BCUT2D eigenvalue weighted by molar-refractivity contribution is -0.384. The van der Waals surface area contributed by atoms with E-state index in [-0.39, 0.29) is 41.7 Å². The second-order valence-corrected chi connectivity index (χ2v) is 12.9. The van der Waals surface area contributed by atoms with Crippen LogP contribution in [-0.4, -0.2) is 53.8 Å². The van der Waals surface area contributed by atoms with Gasteiger partial charge in [0.2, 0.25) is 11.8 Å². The number of aryl methyl sites for hydroxylation is 1. The first-order chi connectivity index (χ1) is 21.5. The van der Waals surface area contributed by atoms with Crippen molar-refractivity contribution in [3.63, 3.8) is 0 Å². The number of likely N-dealkylation sites (tertiary alicyclic amines) is 1. The van der Waals surface area contributed by atoms with Crippen molar-refractivity contribution in [2.45, 2.75) is 44.7 Å². The first kappa shape index (κ1) is 31.9. The van der Waals surface area contributed by atoms with E-state index in [2.05, 4.69) is 5.32 Å². The lowest BCUT2D eigenvalue weighted by atomic mass is 9.71. The van der Waals surface area contributed by atoms with Crippen LogP contribution in [-0.2, 0) is 19.9 Å². The number of esters is 1. The normalized spacial score (nSPS) is 24.9. The molecule has 3 aromatic carbocycles. The van der Waals surface area contributed by atoms with Crippen LogP contribution in [0.5, 0.6) is 0 Å². The van der Waals surface area contributed by atoms with E-state index in [1.165, 1.54) is 24.1 Å². The third-order valence-corrected chi connectivity index (χ3v) is 10.2. The Kier molecular flexibility index (Phi) is 7.85. The number of methoxy groups -OCH3 is 1. The molecule has 2 amide bonds. The molecule has 1 N–H and O–H groups in total. The van der Waals surface area contributed by atoms with E-state index < -0.39 is 57.6 Å². The Labute approximate surface area is 274 Å². The number of benzene rings is 3. The van der Waals surface area contributed by atoms with Gasteiger partial charge in [0.05, 0.1) is 28.5 Å². The second kappa shape index (κ2) is 11.3. The number of nitro groups is 1. The monoisotopic (exact) mass is 668 g/mol. The quantitative estimate of drug-likeness (QED) is 0.182. The van der Waals surface area contributed by atoms with E-state index in [9.17, 15) is 24.5 Å². The Morgan fingerprint density at radius 1 is 1.17 bits per heavy atom. The molecule has 46 heavy (non-hydrogen) atoms. The van der Waals surface area contributed by atoms with Crippen molar-refractivity contribution in [1.82, 2.24) is 4.90 Å². The fourth-order valence-corrected chi connectivity index (χ4v) is 7.96. The van der Waals surface area contributed by atoms with Gasteiger partial charge in [-0.25, -0.2) is 9.18 Å². The highest BCUT2D eigenvalue weighted by atomic mass is 35.5. The van der Waals surface area contributed by atoms with E-state index in [1.807, 2.05) is 4.90 Å². The molecule has 13 heteroatoms. The molecule has 1 spiro atoms. The van der Waals surface area contributed by atoms with Crippen LogP contribution >= 0.6 is 23.2 Å². The van der Waals surface area contributed by atoms with E-state index in [4.69, 9.17) is 27.9 Å². The van der Waals surface area contributed by atoms with Gasteiger partial charge in [0.25, 0.3) is 5.69 Å². The third kappa shape index (κ3) is 4.51. The summed E-state index contributed by atoms with van der Waals surface area (Å²) in [6.07, 6.45) is 1.87. The number of nitrogens with zero attached hydrogens (tertiary/aromatic N) is 3. The largest absolute Gasteiger partial charge is 0.465 e. The maximum Gasteiger partial charge on any atom is 0.338 e. The van der Waals surface area contributed by atoms with Crippen LogP contribution in [0.15, 0.2) is 48.5 Å². The molecule has 4 atom stereocenters. The van der Waals surface area contributed by atoms with Crippen LogP contribution in [0, 0.1) is 34.7 Å². The Morgan fingerprint density at radius 2 is 1.91 bits per heavy atom. The van der Waals surface area contributed by atoms with E-state index in [0.717, 1.165) is 18.9 Å². The Hall–Kier alpha value is -4.06. The molecule has 240 valence electrons. The number of hydrogen-bond donors (Lipinski definition) is 1. The number of halogens is 3. The summed E-state index contributed by atoms with van der Waals surface area (Å²) in [5.74, 6) is -4.12. The molecule has 0 radical (unpaired) electrons. The summed E-state index contributed by atoms with van der Waals surface area (Å²) < 4.78 is 20.9. The minimum Gasteiger partial charge on any atom is -0.465 e. The summed E-state index contributed by atoms with van der Waals surface area (Å²) >= 11 is 12.6. The molecule has 3 fully saturated rings. The summed E-state index contributed by atoms with van der Waals surface area (Å²) in [7, 11) is 1.18. The highest BCUT2D eigenvalue weighted by molar-refractivity contribution is 6.31. The van der Waals surface area contributed by atoms with Gasteiger partial charge in [-0.2, -0.15) is 0 Å². The maximum absolute atomic E-state index is 16.1. The van der Waals surface area contributed by atoms with Gasteiger partial charge in [0, 0.05) is 47.4 Å². The average Bonchev–Trinajstić information content (AvgIpc) is 3.63. The Morgan fingerprint density at radius 3 is 2.59 bits per heavy atom. The SMILES string of the molecule is C.COC(=O)c1cc([N+](=O)[O-])c(N2C[C@H]3[C@@H](C2=O)[C@H](c2cccc(Cl)c2F)[C@]2(C(=O)Nc4cc(Cl)ccc42)N3CC2CC2)cc1C. The first-order valence-electron chi connectivity index (χ1n) is 14.5. The van der Waals surface area contributed by atoms with Crippen molar-refractivity contribution < 1.29 is 28.4 Å². The van der Waals surface area contributed by atoms with E-state index >= 15 is 4.39 Å². The number of hydrogen-bond acceptors (Lipinski definition) is 7. The van der Waals surface area contributed by atoms with Gasteiger partial charge in [0.1, 0.15) is 17.0 Å². The summed E-state index contributed by atoms with van der Waals surface area (Å²) in [6, 6.07) is 11.5. The fraction of sp³-hybridized carbons (Fsp3) is 0.364. The van der Waals surface area contributed by atoms with Gasteiger partial charge >= 0.3 is 5.97 Å². The maximum atomic E-state index is 16.1. The lowest BCUT2D eigenvalue weighted by Gasteiger charge is -2.41. The molecule has 2 saturated heterocycles. The average molecular weight is 670 g/mol. The zero-order valence-corrected chi connectivity index (χ0v) is 25.7. The van der Waals surface area contributed by atoms with Crippen molar-refractivity contribution >= 4 is 58.0 Å². The molecule has 0 bridgehead atoms. The smallest absolute Gasteiger partial charge is 0.338 e. The standard InChI is InChI=1S/C32H27Cl2FN4O6.CH4/c1-15-10-23(24(39(43)44)12-19(15)30(41)45-2)37-14-25-26(29(37)40)27(18-4-3-5-21(34)28(18)35)32(38(25)13-16-6-7-16)20-9-8-17(33)11-22(20)36-31(32)42;/h3-5,8-12,16,25-27H,6-7,13-14H2,1-2H3,(H,36,42);1H4/t25-,26+,27-,32+;/m0./s1. The number of anilines is 2. The van der Waals surface area contributed by atoms with Crippen molar-refractivity contribution in [3.05, 3.63) is 96.8 Å². The fourth-order valence-electron chi connectivity index (χ4n) is 7.61. The molecule has 3 aromatic rings. The van der Waals surface area contributed by atoms with Crippen molar-refractivity contribution in [2.75, 3.05) is 30.4 Å². The van der Waals surface area contributed by atoms with Gasteiger partial charge in [-0.15, -0.1) is 0 Å². The minimum absolute atomic E-state index is 0. The highest BCUT2D eigenvalue weighted by Crippen LogP contribution is 2.62. The van der Waals surface area contributed by atoms with Crippen molar-refractivity contribution in [1.29, 1.82) is 0 Å². The first-order valence-corrected chi connectivity index (χ1v) is 15.3. The van der Waals surface area contributed by atoms with E-state index in [0.29, 0.717) is 28.4 Å². The second-order valence-electron chi connectivity index (χ2n) is 12.1. The molecule has 7 rings (SSSR count). The predicted octanol–water partition coefficient (Wildman–Crippen LogP) is 6.46. The molecule has 10 nitrogen and oxygen atoms in total. The topological polar surface area (TPSA) is 122 Å². The van der Waals surface area contributed by atoms with Crippen LogP contribution < -0.4 is 10.2 Å². The molecule has 4 aliphatic rings. The van der Waals surface area contributed by atoms with Gasteiger partial charge in [-0.3, -0.25) is 24.6 Å². The van der Waals surface area contributed by atoms with Gasteiger partial charge in [-0.05, 0) is 61.1 Å². The molecule has 3 heterocycles. The number of fused-ring (bicyclic) bond motifs is 3. The zero-order chi connectivity index (χ0) is 31.9. The Balaban J connectivity index is 0.00000372. The number of nitro benzene ring substituents is 1. The van der Waals surface area contributed by atoms with Crippen molar-refractivity contribution in [2.24, 2.45) is 11.8 Å². The number of carbonyl (C=O) groups is 3. The summed E-state index contributed by atoms with van der Waals surface area (Å²) in [5, 5.41) is 15.5. The molecule has 0 unspecified atom stereocenters. The van der Waals surface area contributed by atoms with Crippen LogP contribution in [0.3, 0.4) is 0 Å². The molecule has 1 aliphatic carbocycles. The molecule has 3 aliphatic heterocycles. The zero-order valence-electron chi connectivity index (χ0n) is 24.2. The Bertz CT molecular complexity index is 1830. The van der Waals surface area contributed by atoms with Gasteiger partial charge < -0.3 is 15.0 Å². The molecular weight excluding hydrogens is 638 g/mol. The van der Waals surface area contributed by atoms with Crippen LogP contribution in [0.1, 0.15) is 53.2 Å². The lowest BCUT2D eigenvalue weighted by Crippen LogP contribution is -2.54. The third-order valence-electron chi connectivity index (χ3n) is 9.67. The van der Waals surface area contributed by atoms with Crippen LogP contribution in [0.4, 0.5) is 21.5 Å². The summed E-state index contributed by atoms with van der Waals surface area (Å²) in [4.78, 5) is 56.3. The summed E-state index contributed by atoms with van der Waals surface area (Å²) in [5.41, 5.74) is -0.338. The van der Waals surface area contributed by atoms with Crippen LogP contribution in [0.25, 0.3) is 0 Å². The highest BCUT2D eigenvalue weighted by Gasteiger charge is 2.71. The van der Waals surface area contributed by atoms with Crippen LogP contribution in [0.2, 0.25) is 10.0 Å².